The molecule has 0 bridgehead atoms. The molecule has 0 aliphatic carbocycles. The molecule has 3 aromatic carbocycles. The number of carbonyl (C=O) groups excluding carboxylic acids is 2. The van der Waals surface area contributed by atoms with Crippen molar-refractivity contribution in [1.82, 2.24) is 5.32 Å². The molecule has 0 aliphatic heterocycles. The summed E-state index contributed by atoms with van der Waals surface area (Å²) in [4.78, 5) is 24.6. The Morgan fingerprint density at radius 1 is 0.774 bits per heavy atom. The van der Waals surface area contributed by atoms with Crippen LogP contribution in [0.15, 0.2) is 84.9 Å². The smallest absolute Gasteiger partial charge is 0.234 e. The van der Waals surface area contributed by atoms with Gasteiger partial charge in [0.2, 0.25) is 11.8 Å². The quantitative estimate of drug-likeness (QED) is 0.500. The monoisotopic (exact) mass is 432 g/mol. The zero-order valence-corrected chi connectivity index (χ0v) is 18.7. The van der Waals surface area contributed by atoms with Gasteiger partial charge in [-0.05, 0) is 37.1 Å². The van der Waals surface area contributed by atoms with Gasteiger partial charge in [-0.15, -0.1) is 11.8 Å². The van der Waals surface area contributed by atoms with E-state index in [1.165, 1.54) is 11.8 Å². The summed E-state index contributed by atoms with van der Waals surface area (Å²) in [7, 11) is 0. The molecule has 160 valence electrons. The van der Waals surface area contributed by atoms with Crippen molar-refractivity contribution in [2.45, 2.75) is 25.8 Å². The second-order valence-corrected chi connectivity index (χ2v) is 8.55. The summed E-state index contributed by atoms with van der Waals surface area (Å²) < 4.78 is 0. The van der Waals surface area contributed by atoms with Gasteiger partial charge in [0.1, 0.15) is 0 Å². The van der Waals surface area contributed by atoms with Gasteiger partial charge in [-0.3, -0.25) is 9.59 Å². The molecule has 2 N–H and O–H groups in total. The van der Waals surface area contributed by atoms with Crippen LogP contribution in [0.2, 0.25) is 0 Å². The molecule has 4 nitrogen and oxygen atoms in total. The highest BCUT2D eigenvalue weighted by Gasteiger charge is 2.22. The Bertz CT molecular complexity index is 936. The maximum Gasteiger partial charge on any atom is 0.234 e. The Kier molecular flexibility index (Phi) is 8.30. The van der Waals surface area contributed by atoms with E-state index >= 15 is 0 Å². The third-order valence-corrected chi connectivity index (χ3v) is 5.94. The van der Waals surface area contributed by atoms with Crippen molar-refractivity contribution in [2.24, 2.45) is 0 Å². The first kappa shape index (κ1) is 22.6. The van der Waals surface area contributed by atoms with Gasteiger partial charge in [-0.2, -0.15) is 0 Å². The fraction of sp³-hybridized carbons (Fsp3) is 0.231. The number of carbonyl (C=O) groups is 2. The number of thioether (sulfide) groups is 1. The number of benzene rings is 3. The average Bonchev–Trinajstić information content (AvgIpc) is 2.77. The summed E-state index contributed by atoms with van der Waals surface area (Å²) in [6.45, 7) is 4.03. The lowest BCUT2D eigenvalue weighted by Crippen LogP contribution is -2.38. The first-order valence-electron chi connectivity index (χ1n) is 10.4. The molecule has 0 spiro atoms. The summed E-state index contributed by atoms with van der Waals surface area (Å²) >= 11 is 1.31. The minimum atomic E-state index is -0.110. The topological polar surface area (TPSA) is 58.2 Å². The number of nitrogens with one attached hydrogen (secondary N) is 2. The van der Waals surface area contributed by atoms with E-state index in [4.69, 9.17) is 0 Å². The van der Waals surface area contributed by atoms with E-state index in [-0.39, 0.29) is 35.3 Å². The van der Waals surface area contributed by atoms with Crippen LogP contribution < -0.4 is 10.6 Å². The minimum absolute atomic E-state index is 0.0567. The van der Waals surface area contributed by atoms with Crippen LogP contribution in [0.25, 0.3) is 0 Å². The van der Waals surface area contributed by atoms with Gasteiger partial charge in [0.25, 0.3) is 0 Å². The van der Waals surface area contributed by atoms with Gasteiger partial charge in [-0.25, -0.2) is 0 Å². The van der Waals surface area contributed by atoms with Crippen LogP contribution >= 0.6 is 11.8 Å². The Hall–Kier alpha value is -3.05. The van der Waals surface area contributed by atoms with Crippen molar-refractivity contribution >= 4 is 29.3 Å². The second-order valence-electron chi connectivity index (χ2n) is 7.56. The Balaban J connectivity index is 1.52. The first-order valence-corrected chi connectivity index (χ1v) is 11.5. The summed E-state index contributed by atoms with van der Waals surface area (Å²) in [5.74, 6) is 0.346. The van der Waals surface area contributed by atoms with Crippen molar-refractivity contribution < 1.29 is 9.59 Å². The van der Waals surface area contributed by atoms with Crippen LogP contribution in [0.5, 0.6) is 0 Å². The van der Waals surface area contributed by atoms with Crippen molar-refractivity contribution in [3.63, 3.8) is 0 Å². The van der Waals surface area contributed by atoms with Crippen molar-refractivity contribution in [3.8, 4) is 0 Å². The zero-order chi connectivity index (χ0) is 22.1. The molecule has 0 fully saturated rings. The summed E-state index contributed by atoms with van der Waals surface area (Å²) in [6, 6.07) is 28.0. The molecule has 0 radical (unpaired) electrons. The summed E-state index contributed by atoms with van der Waals surface area (Å²) in [5.41, 5.74) is 4.23. The lowest BCUT2D eigenvalue weighted by atomic mass is 9.86. The predicted molar refractivity (Wildman–Crippen MR) is 129 cm³/mol. The summed E-state index contributed by atoms with van der Waals surface area (Å²) in [5, 5.41) is 5.97. The third kappa shape index (κ3) is 7.00. The van der Waals surface area contributed by atoms with Gasteiger partial charge < -0.3 is 10.6 Å². The fourth-order valence-corrected chi connectivity index (χ4v) is 4.17. The molecular formula is C26H28N2O2S. The SMILES string of the molecule is Cc1ccc(NC(=O)CSCC(=O)NC(C)C(c2ccccc2)c2ccccc2)cc1. The molecule has 1 atom stereocenters. The van der Waals surface area contributed by atoms with Crippen LogP contribution in [0.4, 0.5) is 5.69 Å². The molecule has 0 saturated heterocycles. The molecule has 2 amide bonds. The van der Waals surface area contributed by atoms with E-state index in [1.807, 2.05) is 74.5 Å². The normalized spacial score (nSPS) is 11.7. The van der Waals surface area contributed by atoms with Gasteiger partial charge in [0.15, 0.2) is 0 Å². The number of aryl methyl sites for hydroxylation is 1. The lowest BCUT2D eigenvalue weighted by Gasteiger charge is -2.26. The largest absolute Gasteiger partial charge is 0.352 e. The molecule has 31 heavy (non-hydrogen) atoms. The first-order chi connectivity index (χ1) is 15.0. The lowest BCUT2D eigenvalue weighted by molar-refractivity contribution is -0.119. The fourth-order valence-electron chi connectivity index (χ4n) is 3.54. The standard InChI is InChI=1S/C26H28N2O2S/c1-19-13-15-23(16-14-19)28-25(30)18-31-17-24(29)27-20(2)26(21-9-5-3-6-10-21)22-11-7-4-8-12-22/h3-16,20,26H,17-18H2,1-2H3,(H,27,29)(H,28,30). The number of rotatable bonds is 9. The van der Waals surface area contributed by atoms with E-state index in [1.54, 1.807) is 0 Å². The molecule has 1 unspecified atom stereocenters. The summed E-state index contributed by atoms with van der Waals surface area (Å²) in [6.07, 6.45) is 0. The molecule has 0 saturated carbocycles. The highest BCUT2D eigenvalue weighted by atomic mass is 32.2. The van der Waals surface area contributed by atoms with Gasteiger partial charge in [-0.1, -0.05) is 78.4 Å². The molecule has 0 aliphatic rings. The highest BCUT2D eigenvalue weighted by Crippen LogP contribution is 2.28. The average molecular weight is 433 g/mol. The van der Waals surface area contributed by atoms with Crippen molar-refractivity contribution in [3.05, 3.63) is 102 Å². The predicted octanol–water partition coefficient (Wildman–Crippen LogP) is 5.00. The maximum atomic E-state index is 12.5. The van der Waals surface area contributed by atoms with E-state index in [0.29, 0.717) is 0 Å². The molecule has 0 aromatic heterocycles. The molecular weight excluding hydrogens is 404 g/mol. The number of amides is 2. The maximum absolute atomic E-state index is 12.5. The Morgan fingerprint density at radius 3 is 1.84 bits per heavy atom. The molecule has 3 aromatic rings. The zero-order valence-electron chi connectivity index (χ0n) is 17.9. The van der Waals surface area contributed by atoms with Crippen molar-refractivity contribution in [1.29, 1.82) is 0 Å². The second kappa shape index (κ2) is 11.4. The minimum Gasteiger partial charge on any atom is -0.352 e. The van der Waals surface area contributed by atoms with Gasteiger partial charge >= 0.3 is 0 Å². The Labute approximate surface area is 188 Å². The van der Waals surface area contributed by atoms with Crippen LogP contribution in [0.3, 0.4) is 0 Å². The number of hydrogen-bond acceptors (Lipinski definition) is 3. The van der Waals surface area contributed by atoms with E-state index < -0.39 is 0 Å². The number of hydrogen-bond donors (Lipinski definition) is 2. The van der Waals surface area contributed by atoms with Gasteiger partial charge in [0, 0.05) is 17.6 Å². The van der Waals surface area contributed by atoms with Crippen LogP contribution in [0, 0.1) is 6.92 Å². The molecule has 3 rings (SSSR count). The van der Waals surface area contributed by atoms with Crippen molar-refractivity contribution in [2.75, 3.05) is 16.8 Å². The van der Waals surface area contributed by atoms with E-state index in [9.17, 15) is 9.59 Å². The highest BCUT2D eigenvalue weighted by molar-refractivity contribution is 8.00. The van der Waals surface area contributed by atoms with Crippen LogP contribution in [0.1, 0.15) is 29.5 Å². The van der Waals surface area contributed by atoms with E-state index in [2.05, 4.69) is 34.9 Å². The van der Waals surface area contributed by atoms with Gasteiger partial charge in [0.05, 0.1) is 11.5 Å². The van der Waals surface area contributed by atoms with E-state index in [0.717, 1.165) is 22.4 Å². The third-order valence-electron chi connectivity index (χ3n) is 5.01. The number of anilines is 1. The van der Waals surface area contributed by atoms with Crippen LogP contribution in [-0.4, -0.2) is 29.4 Å². The molecule has 5 heteroatoms. The molecule has 0 heterocycles. The van der Waals surface area contributed by atoms with Crippen LogP contribution in [-0.2, 0) is 9.59 Å². The Morgan fingerprint density at radius 2 is 1.29 bits per heavy atom.